The van der Waals surface area contributed by atoms with Crippen molar-refractivity contribution in [3.8, 4) is 11.5 Å². The summed E-state index contributed by atoms with van der Waals surface area (Å²) in [6, 6.07) is 6.97. The molecule has 1 aliphatic heterocycles. The number of hydrogen-bond acceptors (Lipinski definition) is 4. The Morgan fingerprint density at radius 3 is 2.95 bits per heavy atom. The third-order valence-corrected chi connectivity index (χ3v) is 3.08. The van der Waals surface area contributed by atoms with Crippen LogP contribution in [0.3, 0.4) is 0 Å². The molecule has 1 aromatic heterocycles. The third kappa shape index (κ3) is 2.20. The fourth-order valence-corrected chi connectivity index (χ4v) is 2.11. The highest BCUT2D eigenvalue weighted by atomic mass is 16.7. The number of aryl methyl sites for hydroxylation is 2. The molecule has 6 heteroatoms. The number of ether oxygens (including phenoxy) is 2. The standard InChI is InChI=1S/C14H15N3O3/c1-3-17-13(6-9(2)16-17)15-14(18)10-4-5-11-12(7-10)20-8-19-11/h4-7H,3,8H2,1-2H3,(H,15,18). The molecule has 3 rings (SSSR count). The lowest BCUT2D eigenvalue weighted by molar-refractivity contribution is 0.102. The maximum absolute atomic E-state index is 12.2. The number of aromatic nitrogens is 2. The molecule has 1 amide bonds. The lowest BCUT2D eigenvalue weighted by atomic mass is 10.2. The molecule has 0 fully saturated rings. The Bertz CT molecular complexity index is 664. The molecule has 2 aromatic rings. The zero-order valence-electron chi connectivity index (χ0n) is 11.3. The largest absolute Gasteiger partial charge is 0.454 e. The average Bonchev–Trinajstić information content (AvgIpc) is 3.03. The van der Waals surface area contributed by atoms with Gasteiger partial charge in [-0.3, -0.25) is 4.79 Å². The van der Waals surface area contributed by atoms with Crippen molar-refractivity contribution in [1.82, 2.24) is 9.78 Å². The first-order valence-electron chi connectivity index (χ1n) is 6.43. The molecule has 0 aliphatic carbocycles. The van der Waals surface area contributed by atoms with Crippen LogP contribution in [0.15, 0.2) is 24.3 Å². The van der Waals surface area contributed by atoms with Gasteiger partial charge in [-0.2, -0.15) is 5.10 Å². The fraction of sp³-hybridized carbons (Fsp3) is 0.286. The molecule has 0 unspecified atom stereocenters. The smallest absolute Gasteiger partial charge is 0.256 e. The van der Waals surface area contributed by atoms with Crippen molar-refractivity contribution in [1.29, 1.82) is 0 Å². The number of hydrogen-bond donors (Lipinski definition) is 1. The highest BCUT2D eigenvalue weighted by Gasteiger charge is 2.17. The number of carbonyl (C=O) groups is 1. The van der Waals surface area contributed by atoms with Crippen LogP contribution >= 0.6 is 0 Å². The molecule has 6 nitrogen and oxygen atoms in total. The molecule has 0 radical (unpaired) electrons. The first-order valence-corrected chi connectivity index (χ1v) is 6.43. The van der Waals surface area contributed by atoms with E-state index in [4.69, 9.17) is 9.47 Å². The van der Waals surface area contributed by atoms with E-state index >= 15 is 0 Å². The second-order valence-electron chi connectivity index (χ2n) is 4.51. The number of carbonyl (C=O) groups excluding carboxylic acids is 1. The molecule has 20 heavy (non-hydrogen) atoms. The van der Waals surface area contributed by atoms with Crippen molar-refractivity contribution in [2.45, 2.75) is 20.4 Å². The summed E-state index contributed by atoms with van der Waals surface area (Å²) in [4.78, 5) is 12.2. The molecule has 1 aromatic carbocycles. The van der Waals surface area contributed by atoms with Crippen LogP contribution < -0.4 is 14.8 Å². The minimum Gasteiger partial charge on any atom is -0.454 e. The van der Waals surface area contributed by atoms with Gasteiger partial charge in [0.25, 0.3) is 5.91 Å². The summed E-state index contributed by atoms with van der Waals surface area (Å²) in [7, 11) is 0. The summed E-state index contributed by atoms with van der Waals surface area (Å²) in [5.41, 5.74) is 1.39. The van der Waals surface area contributed by atoms with Gasteiger partial charge in [0.1, 0.15) is 5.82 Å². The summed E-state index contributed by atoms with van der Waals surface area (Å²) < 4.78 is 12.2. The number of fused-ring (bicyclic) bond motifs is 1. The van der Waals surface area contributed by atoms with Crippen molar-refractivity contribution in [2.75, 3.05) is 12.1 Å². The molecular formula is C14H15N3O3. The number of rotatable bonds is 3. The van der Waals surface area contributed by atoms with E-state index in [0.29, 0.717) is 29.4 Å². The predicted octanol–water partition coefficient (Wildman–Crippen LogP) is 2.19. The van der Waals surface area contributed by atoms with Crippen LogP contribution in [0, 0.1) is 6.92 Å². The third-order valence-electron chi connectivity index (χ3n) is 3.08. The maximum atomic E-state index is 12.2. The van der Waals surface area contributed by atoms with E-state index in [1.54, 1.807) is 22.9 Å². The molecule has 0 saturated carbocycles. The summed E-state index contributed by atoms with van der Waals surface area (Å²) in [5, 5.41) is 7.15. The van der Waals surface area contributed by atoms with Gasteiger partial charge in [-0.05, 0) is 32.0 Å². The van der Waals surface area contributed by atoms with E-state index < -0.39 is 0 Å². The number of nitrogens with zero attached hydrogens (tertiary/aromatic N) is 2. The lowest BCUT2D eigenvalue weighted by Crippen LogP contribution is -2.15. The molecule has 1 aliphatic rings. The van der Waals surface area contributed by atoms with Gasteiger partial charge < -0.3 is 14.8 Å². The fourth-order valence-electron chi connectivity index (χ4n) is 2.11. The topological polar surface area (TPSA) is 65.4 Å². The minimum atomic E-state index is -0.196. The maximum Gasteiger partial charge on any atom is 0.256 e. The Kier molecular flexibility index (Phi) is 3.06. The number of benzene rings is 1. The predicted molar refractivity (Wildman–Crippen MR) is 73.2 cm³/mol. The van der Waals surface area contributed by atoms with Gasteiger partial charge in [0.2, 0.25) is 6.79 Å². The zero-order chi connectivity index (χ0) is 14.1. The van der Waals surface area contributed by atoms with Gasteiger partial charge in [0.15, 0.2) is 11.5 Å². The van der Waals surface area contributed by atoms with Gasteiger partial charge in [-0.1, -0.05) is 0 Å². The van der Waals surface area contributed by atoms with E-state index in [2.05, 4.69) is 10.4 Å². The summed E-state index contributed by atoms with van der Waals surface area (Å²) in [6.45, 7) is 4.76. The number of amides is 1. The van der Waals surface area contributed by atoms with Crippen molar-refractivity contribution in [2.24, 2.45) is 0 Å². The van der Waals surface area contributed by atoms with Gasteiger partial charge >= 0.3 is 0 Å². The van der Waals surface area contributed by atoms with Gasteiger partial charge in [-0.15, -0.1) is 0 Å². The zero-order valence-corrected chi connectivity index (χ0v) is 11.3. The van der Waals surface area contributed by atoms with Crippen LogP contribution in [0.25, 0.3) is 0 Å². The first-order chi connectivity index (χ1) is 9.67. The Labute approximate surface area is 116 Å². The Morgan fingerprint density at radius 1 is 1.35 bits per heavy atom. The Balaban J connectivity index is 1.82. The second kappa shape index (κ2) is 4.88. The van der Waals surface area contributed by atoms with Crippen molar-refractivity contribution in [3.05, 3.63) is 35.5 Å². The van der Waals surface area contributed by atoms with Crippen LogP contribution in [0.1, 0.15) is 23.0 Å². The molecule has 0 saturated heterocycles. The van der Waals surface area contributed by atoms with Gasteiger partial charge in [0, 0.05) is 18.2 Å². The first kappa shape index (κ1) is 12.5. The van der Waals surface area contributed by atoms with E-state index in [9.17, 15) is 4.79 Å². The van der Waals surface area contributed by atoms with Gasteiger partial charge in [-0.25, -0.2) is 4.68 Å². The molecule has 1 N–H and O–H groups in total. The van der Waals surface area contributed by atoms with Crippen molar-refractivity contribution < 1.29 is 14.3 Å². The summed E-state index contributed by atoms with van der Waals surface area (Å²) >= 11 is 0. The lowest BCUT2D eigenvalue weighted by Gasteiger charge is -2.07. The second-order valence-corrected chi connectivity index (χ2v) is 4.51. The average molecular weight is 273 g/mol. The number of nitrogens with one attached hydrogen (secondary N) is 1. The van der Waals surface area contributed by atoms with E-state index in [1.807, 2.05) is 19.9 Å². The van der Waals surface area contributed by atoms with Crippen LogP contribution in [-0.2, 0) is 6.54 Å². The highest BCUT2D eigenvalue weighted by molar-refractivity contribution is 6.04. The van der Waals surface area contributed by atoms with Crippen LogP contribution in [0.5, 0.6) is 11.5 Å². The van der Waals surface area contributed by atoms with Crippen molar-refractivity contribution in [3.63, 3.8) is 0 Å². The van der Waals surface area contributed by atoms with E-state index in [-0.39, 0.29) is 12.7 Å². The SMILES string of the molecule is CCn1nc(C)cc1NC(=O)c1ccc2c(c1)OCO2. The number of anilines is 1. The molecule has 0 atom stereocenters. The monoisotopic (exact) mass is 273 g/mol. The van der Waals surface area contributed by atoms with E-state index in [0.717, 1.165) is 5.69 Å². The van der Waals surface area contributed by atoms with Crippen LogP contribution in [0.2, 0.25) is 0 Å². The molecular weight excluding hydrogens is 258 g/mol. The molecule has 0 spiro atoms. The highest BCUT2D eigenvalue weighted by Crippen LogP contribution is 2.32. The minimum absolute atomic E-state index is 0.196. The normalized spacial score (nSPS) is 12.5. The van der Waals surface area contributed by atoms with Gasteiger partial charge in [0.05, 0.1) is 5.69 Å². The van der Waals surface area contributed by atoms with Crippen molar-refractivity contribution >= 4 is 11.7 Å². The molecule has 2 heterocycles. The Morgan fingerprint density at radius 2 is 2.15 bits per heavy atom. The summed E-state index contributed by atoms with van der Waals surface area (Å²) in [5.74, 6) is 1.75. The molecule has 104 valence electrons. The molecule has 0 bridgehead atoms. The summed E-state index contributed by atoms with van der Waals surface area (Å²) in [6.07, 6.45) is 0. The Hall–Kier alpha value is -2.50. The van der Waals surface area contributed by atoms with Crippen LogP contribution in [-0.4, -0.2) is 22.5 Å². The quantitative estimate of drug-likeness (QED) is 0.931. The van der Waals surface area contributed by atoms with E-state index in [1.165, 1.54) is 0 Å². The van der Waals surface area contributed by atoms with Crippen LogP contribution in [0.4, 0.5) is 5.82 Å².